The highest BCUT2D eigenvalue weighted by Crippen LogP contribution is 2.52. The zero-order valence-corrected chi connectivity index (χ0v) is 9.76. The second kappa shape index (κ2) is 4.03. The third-order valence-corrected chi connectivity index (χ3v) is 4.53. The van der Waals surface area contributed by atoms with Gasteiger partial charge >= 0.3 is 10.3 Å². The van der Waals surface area contributed by atoms with Crippen LogP contribution in [-0.4, -0.2) is 15.0 Å². The summed E-state index contributed by atoms with van der Waals surface area (Å²) < 4.78 is 26.5. The molecule has 4 nitrogen and oxygen atoms in total. The minimum absolute atomic E-state index is 0.116. The number of fused-ring (bicyclic) bond motifs is 1. The normalized spacial score (nSPS) is 36.5. The molecule has 2 saturated carbocycles. The van der Waals surface area contributed by atoms with Crippen LogP contribution in [0.3, 0.4) is 0 Å². The SMILES string of the molecule is NS(=O)(=O)OC[C@@]12CCCC[C@@H]1CCC2. The van der Waals surface area contributed by atoms with Crippen molar-refractivity contribution in [2.75, 3.05) is 6.61 Å². The second-order valence-corrected chi connectivity index (χ2v) is 6.17. The van der Waals surface area contributed by atoms with Gasteiger partial charge in [0.15, 0.2) is 0 Å². The van der Waals surface area contributed by atoms with Gasteiger partial charge in [-0.05, 0) is 37.0 Å². The van der Waals surface area contributed by atoms with Gasteiger partial charge < -0.3 is 0 Å². The van der Waals surface area contributed by atoms with Gasteiger partial charge in [-0.3, -0.25) is 4.18 Å². The molecule has 0 aromatic heterocycles. The highest BCUT2D eigenvalue weighted by molar-refractivity contribution is 7.84. The fourth-order valence-corrected chi connectivity index (χ4v) is 3.72. The highest BCUT2D eigenvalue weighted by Gasteiger charge is 2.44. The molecule has 2 atom stereocenters. The molecule has 0 amide bonds. The molecule has 0 aliphatic heterocycles. The Labute approximate surface area is 91.4 Å². The Morgan fingerprint density at radius 3 is 2.60 bits per heavy atom. The lowest BCUT2D eigenvalue weighted by atomic mass is 9.69. The Balaban J connectivity index is 2.03. The van der Waals surface area contributed by atoms with E-state index in [1.54, 1.807) is 0 Å². The van der Waals surface area contributed by atoms with Gasteiger partial charge in [-0.15, -0.1) is 0 Å². The van der Waals surface area contributed by atoms with Crippen LogP contribution in [0.15, 0.2) is 0 Å². The van der Waals surface area contributed by atoms with Crippen LogP contribution < -0.4 is 5.14 Å². The van der Waals surface area contributed by atoms with E-state index < -0.39 is 10.3 Å². The van der Waals surface area contributed by atoms with Crippen LogP contribution >= 0.6 is 0 Å². The lowest BCUT2D eigenvalue weighted by Crippen LogP contribution is -2.35. The van der Waals surface area contributed by atoms with Crippen molar-refractivity contribution in [3.63, 3.8) is 0 Å². The summed E-state index contributed by atoms with van der Waals surface area (Å²) in [4.78, 5) is 0. The van der Waals surface area contributed by atoms with E-state index >= 15 is 0 Å². The van der Waals surface area contributed by atoms with Crippen LogP contribution in [0.1, 0.15) is 44.9 Å². The van der Waals surface area contributed by atoms with Crippen molar-refractivity contribution in [2.24, 2.45) is 16.5 Å². The maximum atomic E-state index is 10.8. The van der Waals surface area contributed by atoms with Crippen molar-refractivity contribution in [2.45, 2.75) is 44.9 Å². The number of nitrogens with two attached hydrogens (primary N) is 1. The summed E-state index contributed by atoms with van der Waals surface area (Å²) in [7, 11) is -3.77. The van der Waals surface area contributed by atoms with E-state index in [0.29, 0.717) is 12.5 Å². The van der Waals surface area contributed by atoms with E-state index in [-0.39, 0.29) is 5.41 Å². The van der Waals surface area contributed by atoms with Gasteiger partial charge in [0.25, 0.3) is 0 Å². The van der Waals surface area contributed by atoms with Gasteiger partial charge in [-0.25, -0.2) is 5.14 Å². The van der Waals surface area contributed by atoms with Crippen molar-refractivity contribution in [3.8, 4) is 0 Å². The predicted molar refractivity (Wildman–Crippen MR) is 57.3 cm³/mol. The molecular weight excluding hydrogens is 214 g/mol. The lowest BCUT2D eigenvalue weighted by molar-refractivity contribution is 0.0628. The Hall–Kier alpha value is -0.130. The molecule has 5 heteroatoms. The first-order valence-corrected chi connectivity index (χ1v) is 7.16. The summed E-state index contributed by atoms with van der Waals surface area (Å²) in [6, 6.07) is 0. The third-order valence-electron chi connectivity index (χ3n) is 4.08. The monoisotopic (exact) mass is 233 g/mol. The van der Waals surface area contributed by atoms with Crippen molar-refractivity contribution >= 4 is 10.3 Å². The Morgan fingerprint density at radius 1 is 1.20 bits per heavy atom. The Kier molecular flexibility index (Phi) is 3.05. The first-order valence-electron chi connectivity index (χ1n) is 5.69. The number of hydrogen-bond donors (Lipinski definition) is 1. The molecule has 2 aliphatic carbocycles. The fraction of sp³-hybridized carbons (Fsp3) is 1.00. The molecule has 0 radical (unpaired) electrons. The molecule has 0 bridgehead atoms. The topological polar surface area (TPSA) is 69.4 Å². The summed E-state index contributed by atoms with van der Waals surface area (Å²) in [5.74, 6) is 0.660. The highest BCUT2D eigenvalue weighted by atomic mass is 32.2. The number of hydrogen-bond acceptors (Lipinski definition) is 3. The largest absolute Gasteiger partial charge is 0.333 e. The molecule has 0 aromatic rings. The van der Waals surface area contributed by atoms with Crippen molar-refractivity contribution in [3.05, 3.63) is 0 Å². The average molecular weight is 233 g/mol. The van der Waals surface area contributed by atoms with E-state index in [1.807, 2.05) is 0 Å². The van der Waals surface area contributed by atoms with E-state index in [4.69, 9.17) is 9.32 Å². The van der Waals surface area contributed by atoms with Crippen LogP contribution in [0.2, 0.25) is 0 Å². The van der Waals surface area contributed by atoms with Gasteiger partial charge in [0.1, 0.15) is 0 Å². The van der Waals surface area contributed by atoms with Gasteiger partial charge in [0, 0.05) is 0 Å². The van der Waals surface area contributed by atoms with Crippen molar-refractivity contribution < 1.29 is 12.6 Å². The Morgan fingerprint density at radius 2 is 1.87 bits per heavy atom. The summed E-state index contributed by atoms with van der Waals surface area (Å²) >= 11 is 0. The molecule has 0 spiro atoms. The van der Waals surface area contributed by atoms with Crippen LogP contribution in [0.4, 0.5) is 0 Å². The molecule has 0 unspecified atom stereocenters. The van der Waals surface area contributed by atoms with Gasteiger partial charge in [-0.2, -0.15) is 8.42 Å². The zero-order chi connectivity index (χ0) is 10.9. The van der Waals surface area contributed by atoms with Crippen molar-refractivity contribution in [1.82, 2.24) is 0 Å². The van der Waals surface area contributed by atoms with Crippen LogP contribution in [0.25, 0.3) is 0 Å². The van der Waals surface area contributed by atoms with E-state index in [1.165, 1.54) is 32.1 Å². The van der Waals surface area contributed by atoms with Gasteiger partial charge in [0.05, 0.1) is 6.61 Å². The third kappa shape index (κ3) is 2.52. The second-order valence-electron chi connectivity index (χ2n) is 4.95. The summed E-state index contributed by atoms with van der Waals surface area (Å²) in [6.45, 7) is 0.302. The smallest absolute Gasteiger partial charge is 0.258 e. The van der Waals surface area contributed by atoms with Crippen LogP contribution in [-0.2, 0) is 14.5 Å². The van der Waals surface area contributed by atoms with Crippen LogP contribution in [0.5, 0.6) is 0 Å². The molecule has 15 heavy (non-hydrogen) atoms. The molecule has 0 aromatic carbocycles. The van der Waals surface area contributed by atoms with Crippen molar-refractivity contribution in [1.29, 1.82) is 0 Å². The van der Waals surface area contributed by atoms with E-state index in [2.05, 4.69) is 0 Å². The first-order chi connectivity index (χ1) is 7.02. The lowest BCUT2D eigenvalue weighted by Gasteiger charge is -2.38. The van der Waals surface area contributed by atoms with Gasteiger partial charge in [-0.1, -0.05) is 19.3 Å². The summed E-state index contributed by atoms with van der Waals surface area (Å²) in [5, 5.41) is 4.88. The van der Waals surface area contributed by atoms with Crippen LogP contribution in [0, 0.1) is 11.3 Å². The minimum Gasteiger partial charge on any atom is -0.258 e. The average Bonchev–Trinajstić information content (AvgIpc) is 2.57. The molecule has 88 valence electrons. The Bertz CT molecular complexity index is 328. The standard InChI is InChI=1S/C10H19NO3S/c11-15(12,13)14-8-10-6-2-1-4-9(10)5-3-7-10/h9H,1-8H2,(H2,11,12,13)/t9-,10+/m1/s1. The number of rotatable bonds is 3. The zero-order valence-electron chi connectivity index (χ0n) is 8.94. The molecule has 2 aliphatic rings. The minimum atomic E-state index is -3.77. The molecule has 2 fully saturated rings. The molecule has 0 heterocycles. The molecule has 2 rings (SSSR count). The fourth-order valence-electron chi connectivity index (χ4n) is 3.32. The summed E-state index contributed by atoms with van der Waals surface area (Å²) in [6.07, 6.45) is 8.35. The first kappa shape index (κ1) is 11.4. The maximum absolute atomic E-state index is 10.8. The van der Waals surface area contributed by atoms with E-state index in [0.717, 1.165) is 12.8 Å². The molecule has 0 saturated heterocycles. The predicted octanol–water partition coefficient (Wildman–Crippen LogP) is 1.57. The summed E-state index contributed by atoms with van der Waals surface area (Å²) in [5.41, 5.74) is 0.116. The molecular formula is C10H19NO3S. The van der Waals surface area contributed by atoms with Gasteiger partial charge in [0.2, 0.25) is 0 Å². The quantitative estimate of drug-likeness (QED) is 0.804. The molecule has 2 N–H and O–H groups in total. The van der Waals surface area contributed by atoms with E-state index in [9.17, 15) is 8.42 Å². The maximum Gasteiger partial charge on any atom is 0.333 e.